The molecule has 0 saturated carbocycles. The van der Waals surface area contributed by atoms with Crippen LogP contribution >= 0.6 is 11.3 Å². The maximum Gasteiger partial charge on any atom is 0.357 e. The van der Waals surface area contributed by atoms with Gasteiger partial charge >= 0.3 is 5.97 Å². The molecule has 0 atom stereocenters. The first-order chi connectivity index (χ1) is 15.9. The molecule has 0 amide bonds. The van der Waals surface area contributed by atoms with Crippen molar-refractivity contribution in [3.63, 3.8) is 0 Å². The second-order valence-electron chi connectivity index (χ2n) is 7.55. The van der Waals surface area contributed by atoms with Gasteiger partial charge in [-0.1, -0.05) is 36.4 Å². The Balaban J connectivity index is 1.64. The summed E-state index contributed by atoms with van der Waals surface area (Å²) in [5.74, 6) is -0.894. The highest BCUT2D eigenvalue weighted by atomic mass is 32.1. The monoisotopic (exact) mass is 455 g/mol. The van der Waals surface area contributed by atoms with E-state index in [9.17, 15) is 14.7 Å². The van der Waals surface area contributed by atoms with E-state index in [2.05, 4.69) is 4.98 Å². The number of benzene rings is 3. The van der Waals surface area contributed by atoms with Crippen molar-refractivity contribution in [3.05, 3.63) is 94.7 Å². The lowest BCUT2D eigenvalue weighted by atomic mass is 9.96. The summed E-state index contributed by atoms with van der Waals surface area (Å²) in [4.78, 5) is 29.2. The molecule has 6 nitrogen and oxygen atoms in total. The second-order valence-corrected chi connectivity index (χ2v) is 8.60. The number of carbonyl (C=O) groups is 2. The zero-order valence-electron chi connectivity index (χ0n) is 17.4. The van der Waals surface area contributed by atoms with E-state index in [1.165, 1.54) is 11.3 Å². The Labute approximate surface area is 192 Å². The van der Waals surface area contributed by atoms with Gasteiger partial charge in [-0.3, -0.25) is 4.79 Å². The van der Waals surface area contributed by atoms with Gasteiger partial charge in [0.2, 0.25) is 11.7 Å². The highest BCUT2D eigenvalue weighted by molar-refractivity contribution is 7.21. The van der Waals surface area contributed by atoms with E-state index in [1.807, 2.05) is 49.4 Å². The summed E-state index contributed by atoms with van der Waals surface area (Å²) < 4.78 is 6.10. The maximum absolute atomic E-state index is 13.5. The number of nitrogens with zero attached hydrogens (tertiary/aromatic N) is 1. The number of hydrogen-bond acceptors (Lipinski definition) is 6. The smallest absolute Gasteiger partial charge is 0.357 e. The highest BCUT2D eigenvalue weighted by Gasteiger charge is 2.22. The van der Waals surface area contributed by atoms with Crippen molar-refractivity contribution in [2.45, 2.75) is 6.92 Å². The topological polar surface area (TPSA) is 101 Å². The molecule has 3 aromatic carbocycles. The summed E-state index contributed by atoms with van der Waals surface area (Å²) in [6.07, 6.45) is 1.10. The Morgan fingerprint density at radius 3 is 2.39 bits per heavy atom. The van der Waals surface area contributed by atoms with Crippen LogP contribution in [0.4, 0.5) is 0 Å². The summed E-state index contributed by atoms with van der Waals surface area (Å²) in [5.41, 5.74) is 3.58. The number of aryl methyl sites for hydroxylation is 1. The average Bonchev–Trinajstić information content (AvgIpc) is 3.44. The number of aromatic hydroxyl groups is 1. The Kier molecular flexibility index (Phi) is 5.03. The number of ketones is 1. The number of phenolic OH excluding ortho intramolecular Hbond substituents is 1. The lowest BCUT2D eigenvalue weighted by Crippen LogP contribution is -2.02. The summed E-state index contributed by atoms with van der Waals surface area (Å²) >= 11 is 1.35. The fraction of sp³-hybridized carbons (Fsp3) is 0.0385. The number of rotatable bonds is 5. The van der Waals surface area contributed by atoms with Gasteiger partial charge in [-0.15, -0.1) is 11.3 Å². The Morgan fingerprint density at radius 1 is 0.970 bits per heavy atom. The Bertz CT molecular complexity index is 1530. The predicted molar refractivity (Wildman–Crippen MR) is 126 cm³/mol. The number of carboxylic acid groups (broad SMARTS) is 1. The number of thiophene rings is 1. The lowest BCUT2D eigenvalue weighted by Gasteiger charge is -2.08. The third kappa shape index (κ3) is 3.68. The molecule has 0 fully saturated rings. The van der Waals surface area contributed by atoms with E-state index >= 15 is 0 Å². The quantitative estimate of drug-likeness (QED) is 0.308. The fourth-order valence-corrected chi connectivity index (χ4v) is 4.98. The van der Waals surface area contributed by atoms with E-state index in [0.717, 1.165) is 33.0 Å². The van der Waals surface area contributed by atoms with Crippen molar-refractivity contribution in [2.24, 2.45) is 0 Å². The molecule has 0 spiro atoms. The molecule has 0 aliphatic carbocycles. The first-order valence-corrected chi connectivity index (χ1v) is 10.9. The molecule has 0 radical (unpaired) electrons. The van der Waals surface area contributed by atoms with Crippen molar-refractivity contribution in [2.75, 3.05) is 0 Å². The molecule has 5 aromatic rings. The van der Waals surface area contributed by atoms with Crippen molar-refractivity contribution in [3.8, 4) is 28.3 Å². The molecule has 2 heterocycles. The molecular formula is C26H17NO5S. The number of aromatic nitrogens is 1. The van der Waals surface area contributed by atoms with Crippen LogP contribution in [0.5, 0.6) is 5.75 Å². The number of fused-ring (bicyclic) bond motifs is 1. The minimum atomic E-state index is -1.16. The minimum absolute atomic E-state index is 0.0772. The number of aromatic carboxylic acids is 1. The van der Waals surface area contributed by atoms with Gasteiger partial charge in [0.15, 0.2) is 5.69 Å². The van der Waals surface area contributed by atoms with Crippen molar-refractivity contribution in [1.82, 2.24) is 4.98 Å². The average molecular weight is 455 g/mol. The number of carbonyl (C=O) groups excluding carboxylic acids is 1. The molecular weight excluding hydrogens is 438 g/mol. The van der Waals surface area contributed by atoms with Crippen LogP contribution in [0, 0.1) is 6.92 Å². The zero-order valence-corrected chi connectivity index (χ0v) is 18.2. The molecule has 0 aliphatic heterocycles. The first kappa shape index (κ1) is 20.7. The van der Waals surface area contributed by atoms with Crippen LogP contribution in [0.3, 0.4) is 0 Å². The standard InChI is InChI=1S/C26H17NO5S/c1-14-4-2-3-5-18(14)23(29)24-22(19-11-10-17(28)12-21(19)33-24)15-6-8-16(9-7-15)25-27-20(13-32-25)26(30)31/h2-13,28H,1H3,(H,30,31). The molecule has 0 unspecified atom stereocenters. The molecule has 2 N–H and O–H groups in total. The number of carboxylic acids is 1. The number of phenols is 1. The molecule has 0 saturated heterocycles. The van der Waals surface area contributed by atoms with Gasteiger partial charge in [0.25, 0.3) is 0 Å². The van der Waals surface area contributed by atoms with Gasteiger partial charge in [-0.05, 0) is 48.4 Å². The number of hydrogen-bond donors (Lipinski definition) is 2. The highest BCUT2D eigenvalue weighted by Crippen LogP contribution is 2.42. The van der Waals surface area contributed by atoms with Gasteiger partial charge in [0.05, 0.1) is 4.88 Å². The van der Waals surface area contributed by atoms with Crippen LogP contribution in [-0.2, 0) is 0 Å². The van der Waals surface area contributed by atoms with Gasteiger partial charge in [0.1, 0.15) is 12.0 Å². The molecule has 0 aliphatic rings. The molecule has 33 heavy (non-hydrogen) atoms. The Hall–Kier alpha value is -4.23. The van der Waals surface area contributed by atoms with E-state index in [0.29, 0.717) is 16.0 Å². The summed E-state index contributed by atoms with van der Waals surface area (Å²) in [6.45, 7) is 1.91. The molecule has 2 aromatic heterocycles. The van der Waals surface area contributed by atoms with Gasteiger partial charge < -0.3 is 14.6 Å². The van der Waals surface area contributed by atoms with E-state index in [-0.39, 0.29) is 23.1 Å². The van der Waals surface area contributed by atoms with E-state index in [1.54, 1.807) is 24.3 Å². The third-order valence-corrected chi connectivity index (χ3v) is 6.56. The van der Waals surface area contributed by atoms with Crippen molar-refractivity contribution >= 4 is 33.2 Å². The molecule has 7 heteroatoms. The Morgan fingerprint density at radius 2 is 1.70 bits per heavy atom. The molecule has 5 rings (SSSR count). The van der Waals surface area contributed by atoms with Crippen LogP contribution in [0.2, 0.25) is 0 Å². The van der Waals surface area contributed by atoms with Crippen LogP contribution in [0.15, 0.2) is 77.4 Å². The van der Waals surface area contributed by atoms with Crippen LogP contribution < -0.4 is 0 Å². The fourth-order valence-electron chi connectivity index (χ4n) is 3.77. The first-order valence-electron chi connectivity index (χ1n) is 10.1. The predicted octanol–water partition coefficient (Wildman–Crippen LogP) is 6.17. The van der Waals surface area contributed by atoms with Gasteiger partial charge in [0, 0.05) is 26.8 Å². The van der Waals surface area contributed by atoms with Crippen molar-refractivity contribution < 1.29 is 24.2 Å². The largest absolute Gasteiger partial charge is 0.508 e. The SMILES string of the molecule is Cc1ccccc1C(=O)c1sc2cc(O)ccc2c1-c1ccc(-c2nc(C(=O)O)co2)cc1. The van der Waals surface area contributed by atoms with Crippen LogP contribution in [0.1, 0.15) is 31.3 Å². The summed E-state index contributed by atoms with van der Waals surface area (Å²) in [7, 11) is 0. The van der Waals surface area contributed by atoms with E-state index < -0.39 is 5.97 Å². The van der Waals surface area contributed by atoms with Crippen LogP contribution in [-0.4, -0.2) is 26.9 Å². The molecule has 162 valence electrons. The second kappa shape index (κ2) is 8.03. The third-order valence-electron chi connectivity index (χ3n) is 5.41. The van der Waals surface area contributed by atoms with Gasteiger partial charge in [-0.25, -0.2) is 9.78 Å². The normalized spacial score (nSPS) is 11.1. The lowest BCUT2D eigenvalue weighted by molar-refractivity contribution is 0.0690. The van der Waals surface area contributed by atoms with E-state index in [4.69, 9.17) is 9.52 Å². The van der Waals surface area contributed by atoms with Gasteiger partial charge in [-0.2, -0.15) is 0 Å². The summed E-state index contributed by atoms with van der Waals surface area (Å²) in [5, 5.41) is 19.9. The zero-order chi connectivity index (χ0) is 23.1. The van der Waals surface area contributed by atoms with Crippen LogP contribution in [0.25, 0.3) is 32.7 Å². The maximum atomic E-state index is 13.5. The molecule has 0 bridgehead atoms. The van der Waals surface area contributed by atoms with Crippen molar-refractivity contribution in [1.29, 1.82) is 0 Å². The minimum Gasteiger partial charge on any atom is -0.508 e. The number of oxazole rings is 1. The summed E-state index contributed by atoms with van der Waals surface area (Å²) in [6, 6.07) is 19.8.